The Morgan fingerprint density at radius 3 is 2.58 bits per heavy atom. The van der Waals surface area contributed by atoms with E-state index in [9.17, 15) is 14.4 Å². The first kappa shape index (κ1) is 26.6. The highest BCUT2D eigenvalue weighted by atomic mass is 35.5. The highest BCUT2D eigenvalue weighted by Crippen LogP contribution is 2.45. The van der Waals surface area contributed by atoms with Crippen molar-refractivity contribution in [3.63, 3.8) is 0 Å². The number of nitrogens with zero attached hydrogens (tertiary/aromatic N) is 1. The number of rotatable bonds is 7. The van der Waals surface area contributed by atoms with Crippen molar-refractivity contribution in [3.05, 3.63) is 129 Å². The van der Waals surface area contributed by atoms with Gasteiger partial charge in [-0.25, -0.2) is 9.18 Å². The smallest absolute Gasteiger partial charge is 0.345 e. The van der Waals surface area contributed by atoms with Crippen LogP contribution in [0.4, 0.5) is 4.39 Å². The van der Waals surface area contributed by atoms with Crippen LogP contribution in [0.1, 0.15) is 33.0 Å². The third-order valence-electron chi connectivity index (χ3n) is 6.36. The molecular weight excluding hydrogens is 535 g/mol. The Kier molecular flexibility index (Phi) is 7.58. The van der Waals surface area contributed by atoms with E-state index >= 15 is 0 Å². The molecule has 4 aromatic rings. The van der Waals surface area contributed by atoms with Crippen LogP contribution in [0.3, 0.4) is 0 Å². The summed E-state index contributed by atoms with van der Waals surface area (Å²) >= 11 is 6.12. The third kappa shape index (κ3) is 5.28. The molecule has 0 saturated heterocycles. The van der Waals surface area contributed by atoms with E-state index < -0.39 is 11.9 Å². The van der Waals surface area contributed by atoms with E-state index in [1.54, 1.807) is 72.8 Å². The molecule has 5 rings (SSSR count). The van der Waals surface area contributed by atoms with Crippen molar-refractivity contribution in [1.29, 1.82) is 5.26 Å². The minimum absolute atomic E-state index is 0.00840. The van der Waals surface area contributed by atoms with Crippen LogP contribution in [-0.2, 0) is 6.61 Å². The number of hydrogen-bond acceptors (Lipinski definition) is 7. The number of methoxy groups -OCH3 is 1. The zero-order chi connectivity index (χ0) is 28.2. The molecule has 1 aliphatic heterocycles. The van der Waals surface area contributed by atoms with Crippen molar-refractivity contribution >= 4 is 17.6 Å². The summed E-state index contributed by atoms with van der Waals surface area (Å²) in [6.07, 6.45) is 0. The molecule has 1 heterocycles. The maximum atomic E-state index is 14.0. The van der Waals surface area contributed by atoms with Gasteiger partial charge in [-0.05, 0) is 42.0 Å². The molecule has 0 radical (unpaired) electrons. The van der Waals surface area contributed by atoms with Gasteiger partial charge in [-0.1, -0.05) is 54.1 Å². The second kappa shape index (κ2) is 11.4. The van der Waals surface area contributed by atoms with Gasteiger partial charge in [0.05, 0.1) is 23.6 Å². The van der Waals surface area contributed by atoms with Gasteiger partial charge in [0.15, 0.2) is 11.5 Å². The standard InChI is InChI=1S/C31H22ClFN2O5/c1-37-28-14-18(10-13-26(28)38-17-19-6-2-5-9-25(19)33)29-22-12-11-20(15-27(22)40-30(35)23(29)16-34)39-31(36)21-7-3-4-8-24(21)32/h2-15,29H,17,35H2,1H3. The number of fused-ring (bicyclic) bond motifs is 1. The molecule has 7 nitrogen and oxygen atoms in total. The van der Waals surface area contributed by atoms with Gasteiger partial charge in [-0.2, -0.15) is 5.26 Å². The van der Waals surface area contributed by atoms with Gasteiger partial charge in [0.25, 0.3) is 0 Å². The Bertz CT molecular complexity index is 1680. The van der Waals surface area contributed by atoms with E-state index in [1.165, 1.54) is 19.2 Å². The average molecular weight is 557 g/mol. The first-order valence-corrected chi connectivity index (χ1v) is 12.5. The van der Waals surface area contributed by atoms with E-state index in [0.29, 0.717) is 33.9 Å². The normalized spacial score (nSPS) is 14.0. The SMILES string of the molecule is COc1cc(C2C(C#N)=C(N)Oc3cc(OC(=O)c4ccccc4Cl)ccc32)ccc1OCc1ccccc1F. The first-order valence-electron chi connectivity index (χ1n) is 12.1. The summed E-state index contributed by atoms with van der Waals surface area (Å²) in [7, 11) is 1.49. The van der Waals surface area contributed by atoms with Gasteiger partial charge in [-0.15, -0.1) is 0 Å². The lowest BCUT2D eigenvalue weighted by molar-refractivity contribution is 0.0734. The number of carbonyl (C=O) groups is 1. The molecular formula is C31H22ClFN2O5. The van der Waals surface area contributed by atoms with Gasteiger partial charge in [0, 0.05) is 17.2 Å². The number of benzene rings is 4. The lowest BCUT2D eigenvalue weighted by atomic mass is 9.83. The topological polar surface area (TPSA) is 104 Å². The molecule has 0 bridgehead atoms. The second-order valence-corrected chi connectivity index (χ2v) is 9.19. The van der Waals surface area contributed by atoms with Gasteiger partial charge in [-0.3, -0.25) is 0 Å². The van der Waals surface area contributed by atoms with E-state index in [2.05, 4.69) is 6.07 Å². The molecule has 2 N–H and O–H groups in total. The van der Waals surface area contributed by atoms with Crippen LogP contribution in [0.5, 0.6) is 23.0 Å². The van der Waals surface area contributed by atoms with Crippen molar-refractivity contribution in [2.24, 2.45) is 5.73 Å². The average Bonchev–Trinajstić information content (AvgIpc) is 2.96. The highest BCUT2D eigenvalue weighted by Gasteiger charge is 2.32. The van der Waals surface area contributed by atoms with Crippen LogP contribution in [-0.4, -0.2) is 13.1 Å². The Labute approximate surface area is 234 Å². The number of hydrogen-bond donors (Lipinski definition) is 1. The molecule has 4 aromatic carbocycles. The summed E-state index contributed by atoms with van der Waals surface area (Å²) in [6.45, 7) is 0.00840. The Hall–Kier alpha value is -5.00. The summed E-state index contributed by atoms with van der Waals surface area (Å²) in [4.78, 5) is 12.6. The molecule has 0 saturated carbocycles. The number of nitrogens with two attached hydrogens (primary N) is 1. The summed E-state index contributed by atoms with van der Waals surface area (Å²) in [6, 6.07) is 25.1. The molecule has 1 aliphatic rings. The fraction of sp³-hybridized carbons (Fsp3) is 0.0968. The van der Waals surface area contributed by atoms with Crippen LogP contribution in [0.2, 0.25) is 5.02 Å². The molecule has 0 amide bonds. The summed E-state index contributed by atoms with van der Waals surface area (Å²) in [5, 5.41) is 10.2. The number of esters is 1. The van der Waals surface area contributed by atoms with Crippen LogP contribution in [0.15, 0.2) is 96.4 Å². The second-order valence-electron chi connectivity index (χ2n) is 8.78. The van der Waals surface area contributed by atoms with Gasteiger partial charge in [0.1, 0.15) is 35.6 Å². The fourth-order valence-electron chi connectivity index (χ4n) is 4.38. The van der Waals surface area contributed by atoms with Crippen LogP contribution in [0.25, 0.3) is 0 Å². The van der Waals surface area contributed by atoms with Crippen molar-refractivity contribution in [2.75, 3.05) is 7.11 Å². The van der Waals surface area contributed by atoms with Crippen molar-refractivity contribution < 1.29 is 28.1 Å². The maximum absolute atomic E-state index is 14.0. The minimum atomic E-state index is -0.630. The van der Waals surface area contributed by atoms with Crippen molar-refractivity contribution in [3.8, 4) is 29.1 Å². The summed E-state index contributed by atoms with van der Waals surface area (Å²) in [5.41, 5.74) is 8.28. The zero-order valence-corrected chi connectivity index (χ0v) is 21.9. The van der Waals surface area contributed by atoms with E-state index in [1.807, 2.05) is 0 Å². The zero-order valence-electron chi connectivity index (χ0n) is 21.2. The van der Waals surface area contributed by atoms with Crippen LogP contribution >= 0.6 is 11.6 Å². The predicted molar refractivity (Wildman–Crippen MR) is 146 cm³/mol. The third-order valence-corrected chi connectivity index (χ3v) is 6.69. The minimum Gasteiger partial charge on any atom is -0.493 e. The van der Waals surface area contributed by atoms with E-state index in [-0.39, 0.29) is 40.2 Å². The van der Waals surface area contributed by atoms with Crippen molar-refractivity contribution in [2.45, 2.75) is 12.5 Å². The lowest BCUT2D eigenvalue weighted by Gasteiger charge is -2.27. The van der Waals surface area contributed by atoms with Crippen LogP contribution < -0.4 is 24.7 Å². The molecule has 0 fully saturated rings. The molecule has 200 valence electrons. The number of ether oxygens (including phenoxy) is 4. The lowest BCUT2D eigenvalue weighted by Crippen LogP contribution is -2.21. The van der Waals surface area contributed by atoms with Gasteiger partial charge in [0.2, 0.25) is 5.88 Å². The maximum Gasteiger partial charge on any atom is 0.345 e. The predicted octanol–water partition coefficient (Wildman–Crippen LogP) is 6.50. The number of nitriles is 1. The molecule has 0 aromatic heterocycles. The Morgan fingerprint density at radius 1 is 1.05 bits per heavy atom. The monoisotopic (exact) mass is 556 g/mol. The molecule has 9 heteroatoms. The Morgan fingerprint density at radius 2 is 1.82 bits per heavy atom. The molecule has 0 aliphatic carbocycles. The first-order chi connectivity index (χ1) is 19.4. The summed E-state index contributed by atoms with van der Waals surface area (Å²) in [5.74, 6) is -0.343. The van der Waals surface area contributed by atoms with Crippen molar-refractivity contribution in [1.82, 2.24) is 0 Å². The van der Waals surface area contributed by atoms with Crippen LogP contribution in [0, 0.1) is 17.1 Å². The highest BCUT2D eigenvalue weighted by molar-refractivity contribution is 6.33. The summed E-state index contributed by atoms with van der Waals surface area (Å²) < 4.78 is 36.7. The Balaban J connectivity index is 1.45. The van der Waals surface area contributed by atoms with E-state index in [0.717, 1.165) is 0 Å². The molecule has 1 atom stereocenters. The largest absolute Gasteiger partial charge is 0.493 e. The molecule has 1 unspecified atom stereocenters. The number of allylic oxidation sites excluding steroid dienone is 1. The fourth-order valence-corrected chi connectivity index (χ4v) is 4.60. The number of carbonyl (C=O) groups excluding carboxylic acids is 1. The van der Waals surface area contributed by atoms with Gasteiger partial charge < -0.3 is 24.7 Å². The molecule has 40 heavy (non-hydrogen) atoms. The van der Waals surface area contributed by atoms with Gasteiger partial charge >= 0.3 is 5.97 Å². The number of halogens is 2. The van der Waals surface area contributed by atoms with E-state index in [4.69, 9.17) is 36.3 Å². The quantitative estimate of drug-likeness (QED) is 0.204. The molecule has 0 spiro atoms.